The minimum Gasteiger partial charge on any atom is -0.325 e. The number of rotatable bonds is 2. The van der Waals surface area contributed by atoms with Gasteiger partial charge in [-0.1, -0.05) is 24.3 Å². The number of anilines is 1. The minimum atomic E-state index is -0.0202. The molecule has 0 saturated carbocycles. The van der Waals surface area contributed by atoms with E-state index in [0.29, 0.717) is 0 Å². The average molecular weight is 283 g/mol. The lowest BCUT2D eigenvalue weighted by molar-refractivity contribution is -0.115. The van der Waals surface area contributed by atoms with Gasteiger partial charge in [-0.15, -0.1) is 11.8 Å². The molecule has 1 aliphatic rings. The Hall–Kier alpha value is -1.74. The molecule has 0 unspecified atom stereocenters. The number of carbonyl (C=O) groups excluding carboxylic acids is 1. The van der Waals surface area contributed by atoms with Crippen LogP contribution >= 0.6 is 11.8 Å². The molecule has 1 N–H and O–H groups in total. The maximum absolute atomic E-state index is 12.4. The van der Waals surface area contributed by atoms with E-state index in [2.05, 4.69) is 23.5 Å². The summed E-state index contributed by atoms with van der Waals surface area (Å²) in [4.78, 5) is 13.6. The molecule has 1 atom stereocenters. The van der Waals surface area contributed by atoms with Gasteiger partial charge in [0, 0.05) is 10.6 Å². The van der Waals surface area contributed by atoms with Crippen LogP contribution in [0.3, 0.4) is 0 Å². The number of hydrogen-bond donors (Lipinski definition) is 1. The van der Waals surface area contributed by atoms with Crippen molar-refractivity contribution in [1.82, 2.24) is 0 Å². The summed E-state index contributed by atoms with van der Waals surface area (Å²) in [7, 11) is 0. The molecule has 1 aliphatic heterocycles. The van der Waals surface area contributed by atoms with E-state index in [4.69, 9.17) is 0 Å². The van der Waals surface area contributed by atoms with Gasteiger partial charge in [0.05, 0.1) is 5.25 Å². The van der Waals surface area contributed by atoms with Crippen molar-refractivity contribution in [3.8, 4) is 0 Å². The molecule has 0 radical (unpaired) electrons. The van der Waals surface area contributed by atoms with E-state index in [1.54, 1.807) is 11.8 Å². The number of hydrogen-bond acceptors (Lipinski definition) is 2. The number of aryl methyl sites for hydroxylation is 2. The first-order chi connectivity index (χ1) is 9.61. The van der Waals surface area contributed by atoms with Crippen molar-refractivity contribution in [3.63, 3.8) is 0 Å². The van der Waals surface area contributed by atoms with Crippen LogP contribution in [0.4, 0.5) is 5.69 Å². The predicted octanol–water partition coefficient (Wildman–Crippen LogP) is 3.96. The Kier molecular flexibility index (Phi) is 3.53. The van der Waals surface area contributed by atoms with Crippen LogP contribution in [0, 0.1) is 13.8 Å². The van der Waals surface area contributed by atoms with E-state index in [-0.39, 0.29) is 11.2 Å². The van der Waals surface area contributed by atoms with Crippen LogP contribution in [-0.4, -0.2) is 11.2 Å². The topological polar surface area (TPSA) is 29.1 Å². The lowest BCUT2D eigenvalue weighted by Gasteiger charge is -2.11. The van der Waals surface area contributed by atoms with Crippen molar-refractivity contribution in [2.75, 3.05) is 5.32 Å². The van der Waals surface area contributed by atoms with Crippen LogP contribution in [0.5, 0.6) is 0 Å². The van der Waals surface area contributed by atoms with Crippen LogP contribution in [0.1, 0.15) is 16.7 Å². The first-order valence-corrected chi connectivity index (χ1v) is 7.63. The molecular formula is C17H17NOS. The molecule has 20 heavy (non-hydrogen) atoms. The van der Waals surface area contributed by atoms with Gasteiger partial charge in [-0.05, 0) is 55.2 Å². The molecule has 3 rings (SSSR count). The second kappa shape index (κ2) is 5.33. The van der Waals surface area contributed by atoms with Gasteiger partial charge in [0.2, 0.25) is 5.91 Å². The van der Waals surface area contributed by atoms with Crippen LogP contribution in [0.2, 0.25) is 0 Å². The third-order valence-corrected chi connectivity index (χ3v) is 4.75. The molecular weight excluding hydrogens is 266 g/mol. The SMILES string of the molecule is Cc1cc(C)cc(NC(=O)[C@@H]2Cc3ccccc3S2)c1. The lowest BCUT2D eigenvalue weighted by atomic mass is 10.1. The highest BCUT2D eigenvalue weighted by molar-refractivity contribution is 8.01. The molecule has 2 nitrogen and oxygen atoms in total. The van der Waals surface area contributed by atoms with Crippen molar-refractivity contribution in [2.24, 2.45) is 0 Å². The Bertz CT molecular complexity index is 621. The third-order valence-electron chi connectivity index (χ3n) is 3.43. The van der Waals surface area contributed by atoms with Gasteiger partial charge in [0.1, 0.15) is 0 Å². The zero-order valence-corrected chi connectivity index (χ0v) is 12.5. The molecule has 0 aromatic heterocycles. The van der Waals surface area contributed by atoms with E-state index in [9.17, 15) is 4.79 Å². The molecule has 0 fully saturated rings. The number of nitrogens with one attached hydrogen (secondary N) is 1. The molecule has 2 aromatic carbocycles. The van der Waals surface area contributed by atoms with E-state index in [1.165, 1.54) is 21.6 Å². The zero-order valence-electron chi connectivity index (χ0n) is 11.6. The molecule has 1 heterocycles. The summed E-state index contributed by atoms with van der Waals surface area (Å²) in [6.07, 6.45) is 0.817. The Morgan fingerprint density at radius 1 is 1.15 bits per heavy atom. The third kappa shape index (κ3) is 2.73. The number of thioether (sulfide) groups is 1. The standard InChI is InChI=1S/C17H17NOS/c1-11-7-12(2)9-14(8-11)18-17(19)16-10-13-5-3-4-6-15(13)20-16/h3-9,16H,10H2,1-2H3,(H,18,19)/t16-/m0/s1. The number of carbonyl (C=O) groups is 1. The quantitative estimate of drug-likeness (QED) is 0.904. The smallest absolute Gasteiger partial charge is 0.238 e. The maximum atomic E-state index is 12.4. The van der Waals surface area contributed by atoms with Gasteiger partial charge < -0.3 is 5.32 Å². The average Bonchev–Trinajstić information content (AvgIpc) is 2.81. The van der Waals surface area contributed by atoms with Gasteiger partial charge in [0.15, 0.2) is 0 Å². The Labute approximate surface area is 123 Å². The van der Waals surface area contributed by atoms with Crippen LogP contribution in [-0.2, 0) is 11.2 Å². The molecule has 0 bridgehead atoms. The Morgan fingerprint density at radius 3 is 2.55 bits per heavy atom. The van der Waals surface area contributed by atoms with Gasteiger partial charge in [0.25, 0.3) is 0 Å². The van der Waals surface area contributed by atoms with E-state index < -0.39 is 0 Å². The van der Waals surface area contributed by atoms with E-state index >= 15 is 0 Å². The highest BCUT2D eigenvalue weighted by Crippen LogP contribution is 2.37. The summed E-state index contributed by atoms with van der Waals surface area (Å²) in [5.41, 5.74) is 4.51. The van der Waals surface area contributed by atoms with Crippen molar-refractivity contribution in [2.45, 2.75) is 30.4 Å². The molecule has 102 valence electrons. The Morgan fingerprint density at radius 2 is 1.85 bits per heavy atom. The molecule has 0 saturated heterocycles. The summed E-state index contributed by atoms with van der Waals surface area (Å²) in [5, 5.41) is 3.02. The fourth-order valence-corrected chi connectivity index (χ4v) is 3.79. The maximum Gasteiger partial charge on any atom is 0.238 e. The summed E-state index contributed by atoms with van der Waals surface area (Å²) in [5.74, 6) is 0.0937. The fourth-order valence-electron chi connectivity index (χ4n) is 2.60. The largest absolute Gasteiger partial charge is 0.325 e. The Balaban J connectivity index is 1.72. The highest BCUT2D eigenvalue weighted by atomic mass is 32.2. The number of amides is 1. The van der Waals surface area contributed by atoms with E-state index in [1.807, 2.05) is 38.1 Å². The summed E-state index contributed by atoms with van der Waals surface area (Å²) < 4.78 is 0. The van der Waals surface area contributed by atoms with Gasteiger partial charge >= 0.3 is 0 Å². The summed E-state index contributed by atoms with van der Waals surface area (Å²) >= 11 is 1.66. The van der Waals surface area contributed by atoms with Crippen molar-refractivity contribution >= 4 is 23.4 Å². The van der Waals surface area contributed by atoms with Gasteiger partial charge in [-0.3, -0.25) is 4.79 Å². The van der Waals surface area contributed by atoms with Gasteiger partial charge in [-0.25, -0.2) is 0 Å². The normalized spacial score (nSPS) is 16.8. The van der Waals surface area contributed by atoms with Crippen LogP contribution in [0.15, 0.2) is 47.4 Å². The predicted molar refractivity (Wildman–Crippen MR) is 84.3 cm³/mol. The molecule has 3 heteroatoms. The molecule has 0 aliphatic carbocycles. The lowest BCUT2D eigenvalue weighted by Crippen LogP contribution is -2.24. The van der Waals surface area contributed by atoms with E-state index in [0.717, 1.165) is 12.1 Å². The van der Waals surface area contributed by atoms with Gasteiger partial charge in [-0.2, -0.15) is 0 Å². The molecule has 2 aromatic rings. The molecule has 1 amide bonds. The van der Waals surface area contributed by atoms with Crippen LogP contribution < -0.4 is 5.32 Å². The second-order valence-electron chi connectivity index (χ2n) is 5.28. The zero-order chi connectivity index (χ0) is 14.1. The first kappa shape index (κ1) is 13.3. The summed E-state index contributed by atoms with van der Waals surface area (Å²) in [6, 6.07) is 14.4. The first-order valence-electron chi connectivity index (χ1n) is 6.75. The van der Waals surface area contributed by atoms with Crippen molar-refractivity contribution in [1.29, 1.82) is 0 Å². The fraction of sp³-hybridized carbons (Fsp3) is 0.235. The van der Waals surface area contributed by atoms with Crippen LogP contribution in [0.25, 0.3) is 0 Å². The number of fused-ring (bicyclic) bond motifs is 1. The summed E-state index contributed by atoms with van der Waals surface area (Å²) in [6.45, 7) is 4.09. The minimum absolute atomic E-state index is 0.0202. The van der Waals surface area contributed by atoms with Crippen molar-refractivity contribution in [3.05, 3.63) is 59.2 Å². The van der Waals surface area contributed by atoms with Crippen molar-refractivity contribution < 1.29 is 4.79 Å². The number of benzene rings is 2. The second-order valence-corrected chi connectivity index (χ2v) is 6.53. The monoisotopic (exact) mass is 283 g/mol. The molecule has 0 spiro atoms. The highest BCUT2D eigenvalue weighted by Gasteiger charge is 2.27.